The molecule has 0 saturated carbocycles. The standard InChI is InChI=1S/C32H40FN7O/c1-2-20-6-3-8-27-28(20)26(16-35-27)24-11-12-25-30(29(24)33)37-32(41-19-23-7-4-14-39(23)15-5-13-34)38-31(25)40-17-21-9-10-22(18-40)36-21/h3,6,8,11-12,16,21-23,35-36H,2,4-5,7,9-10,13-15,17-19,34H2,1H3/t21?,22?,23-/m0/s1. The monoisotopic (exact) mass is 557 g/mol. The lowest BCUT2D eigenvalue weighted by Crippen LogP contribution is -2.51. The molecule has 5 heterocycles. The molecule has 3 aliphatic heterocycles. The third-order valence-electron chi connectivity index (χ3n) is 9.30. The van der Waals surface area contributed by atoms with Gasteiger partial charge in [0, 0.05) is 64.8 Å². The summed E-state index contributed by atoms with van der Waals surface area (Å²) in [6.07, 6.45) is 8.30. The summed E-state index contributed by atoms with van der Waals surface area (Å²) in [7, 11) is 0. The molecule has 0 aliphatic carbocycles. The number of nitrogens with two attached hydrogens (primary N) is 1. The average molecular weight is 558 g/mol. The summed E-state index contributed by atoms with van der Waals surface area (Å²) < 4.78 is 22.9. The number of nitrogens with zero attached hydrogens (tertiary/aromatic N) is 4. The molecule has 0 spiro atoms. The molecule has 3 aliphatic rings. The number of hydrogen-bond acceptors (Lipinski definition) is 7. The normalized spacial score (nSPS) is 22.8. The lowest BCUT2D eigenvalue weighted by molar-refractivity contribution is 0.164. The highest BCUT2D eigenvalue weighted by molar-refractivity contribution is 6.01. The van der Waals surface area contributed by atoms with Gasteiger partial charge in [0.15, 0.2) is 5.82 Å². The van der Waals surface area contributed by atoms with Crippen molar-refractivity contribution in [2.75, 3.05) is 44.2 Å². The van der Waals surface area contributed by atoms with Crippen molar-refractivity contribution in [3.05, 3.63) is 47.9 Å². The number of hydrogen-bond donors (Lipinski definition) is 3. The summed E-state index contributed by atoms with van der Waals surface area (Å²) in [6.45, 7) is 7.04. The fraction of sp³-hybridized carbons (Fsp3) is 0.500. The first-order chi connectivity index (χ1) is 20.1. The van der Waals surface area contributed by atoms with Gasteiger partial charge in [-0.15, -0.1) is 0 Å². The van der Waals surface area contributed by atoms with Crippen molar-refractivity contribution in [1.29, 1.82) is 0 Å². The summed E-state index contributed by atoms with van der Waals surface area (Å²) in [6, 6.07) is 11.5. The maximum Gasteiger partial charge on any atom is 0.319 e. The zero-order valence-corrected chi connectivity index (χ0v) is 23.8. The number of anilines is 1. The van der Waals surface area contributed by atoms with Gasteiger partial charge in [-0.1, -0.05) is 25.1 Å². The Labute approximate surface area is 240 Å². The Balaban J connectivity index is 1.29. The molecule has 4 N–H and O–H groups in total. The van der Waals surface area contributed by atoms with Crippen LogP contribution in [0.1, 0.15) is 44.6 Å². The summed E-state index contributed by atoms with van der Waals surface area (Å²) >= 11 is 0. The number of aryl methyl sites for hydroxylation is 1. The zero-order valence-electron chi connectivity index (χ0n) is 23.8. The Morgan fingerprint density at radius 1 is 1.07 bits per heavy atom. The number of H-pyrrole nitrogens is 1. The van der Waals surface area contributed by atoms with Crippen molar-refractivity contribution in [2.45, 2.75) is 63.6 Å². The zero-order chi connectivity index (χ0) is 27.9. The molecule has 2 aromatic carbocycles. The number of likely N-dealkylation sites (tertiary alicyclic amines) is 1. The summed E-state index contributed by atoms with van der Waals surface area (Å²) in [5.41, 5.74) is 9.70. The van der Waals surface area contributed by atoms with Gasteiger partial charge >= 0.3 is 6.01 Å². The van der Waals surface area contributed by atoms with Crippen LogP contribution in [-0.2, 0) is 6.42 Å². The van der Waals surface area contributed by atoms with Gasteiger partial charge in [-0.3, -0.25) is 4.90 Å². The summed E-state index contributed by atoms with van der Waals surface area (Å²) in [4.78, 5) is 17.8. The highest BCUT2D eigenvalue weighted by atomic mass is 19.1. The molecule has 0 amide bonds. The quantitative estimate of drug-likeness (QED) is 0.277. The number of fused-ring (bicyclic) bond motifs is 4. The van der Waals surface area contributed by atoms with Crippen molar-refractivity contribution >= 4 is 27.6 Å². The van der Waals surface area contributed by atoms with Crippen molar-refractivity contribution < 1.29 is 9.13 Å². The van der Waals surface area contributed by atoms with Crippen LogP contribution in [0.3, 0.4) is 0 Å². The molecule has 8 nitrogen and oxygen atoms in total. The minimum Gasteiger partial charge on any atom is -0.462 e. The number of piperazine rings is 1. The molecule has 3 atom stereocenters. The van der Waals surface area contributed by atoms with E-state index in [1.54, 1.807) is 0 Å². The predicted octanol–water partition coefficient (Wildman–Crippen LogP) is 4.61. The summed E-state index contributed by atoms with van der Waals surface area (Å²) in [5, 5.41) is 5.50. The van der Waals surface area contributed by atoms with Crippen molar-refractivity contribution in [1.82, 2.24) is 25.2 Å². The van der Waals surface area contributed by atoms with E-state index in [2.05, 4.69) is 33.1 Å². The SMILES string of the molecule is CCc1cccc2[nH]cc(-c3ccc4c(N5CC6CCC(C5)N6)nc(OC[C@@H]5CCCN5CCCN)nc4c3F)c12. The van der Waals surface area contributed by atoms with Crippen LogP contribution < -0.4 is 20.7 Å². The summed E-state index contributed by atoms with van der Waals surface area (Å²) in [5.74, 6) is 0.444. The van der Waals surface area contributed by atoms with E-state index in [0.717, 1.165) is 92.4 Å². The Kier molecular flexibility index (Phi) is 7.27. The smallest absolute Gasteiger partial charge is 0.319 e. The van der Waals surface area contributed by atoms with Crippen LogP contribution >= 0.6 is 0 Å². The molecule has 2 aromatic heterocycles. The third kappa shape index (κ3) is 4.94. The second-order valence-corrected chi connectivity index (χ2v) is 11.9. The lowest BCUT2D eigenvalue weighted by atomic mass is 9.98. The molecule has 0 radical (unpaired) electrons. The van der Waals surface area contributed by atoms with Gasteiger partial charge in [0.2, 0.25) is 0 Å². The van der Waals surface area contributed by atoms with Gasteiger partial charge in [0.25, 0.3) is 0 Å². The largest absolute Gasteiger partial charge is 0.462 e. The van der Waals surface area contributed by atoms with Gasteiger partial charge in [0.1, 0.15) is 17.9 Å². The number of ether oxygens (including phenoxy) is 1. The lowest BCUT2D eigenvalue weighted by Gasteiger charge is -2.34. The Bertz CT molecular complexity index is 1540. The van der Waals surface area contributed by atoms with E-state index in [9.17, 15) is 0 Å². The number of halogens is 1. The minimum absolute atomic E-state index is 0.258. The van der Waals surface area contributed by atoms with Crippen molar-refractivity contribution in [3.8, 4) is 17.1 Å². The van der Waals surface area contributed by atoms with Crippen molar-refractivity contribution in [2.24, 2.45) is 5.73 Å². The minimum atomic E-state index is -0.327. The van der Waals surface area contributed by atoms with E-state index in [1.165, 1.54) is 5.56 Å². The van der Waals surface area contributed by atoms with Crippen LogP contribution in [0.15, 0.2) is 36.5 Å². The number of aromatic nitrogens is 3. The van der Waals surface area contributed by atoms with Crippen LogP contribution in [0.25, 0.3) is 32.9 Å². The maximum atomic E-state index is 16.6. The van der Waals surface area contributed by atoms with Gasteiger partial charge < -0.3 is 25.7 Å². The van der Waals surface area contributed by atoms with Gasteiger partial charge in [0.05, 0.1) is 0 Å². The maximum absolute atomic E-state index is 16.6. The molecule has 3 saturated heterocycles. The van der Waals surface area contributed by atoms with Crippen LogP contribution in [0.4, 0.5) is 10.2 Å². The van der Waals surface area contributed by atoms with Gasteiger partial charge in [-0.05, 0) is 75.9 Å². The van der Waals surface area contributed by atoms with E-state index >= 15 is 4.39 Å². The van der Waals surface area contributed by atoms with E-state index in [-0.39, 0.29) is 11.8 Å². The Hall–Kier alpha value is -3.27. The van der Waals surface area contributed by atoms with Gasteiger partial charge in [-0.2, -0.15) is 9.97 Å². The van der Waals surface area contributed by atoms with E-state index in [1.807, 2.05) is 30.5 Å². The molecule has 2 unspecified atom stereocenters. The predicted molar refractivity (Wildman–Crippen MR) is 162 cm³/mol. The molecule has 9 heteroatoms. The molecule has 2 bridgehead atoms. The molecular formula is C32H40FN7O. The number of aromatic amines is 1. The molecule has 216 valence electrons. The van der Waals surface area contributed by atoms with E-state index < -0.39 is 0 Å². The Morgan fingerprint density at radius 2 is 1.93 bits per heavy atom. The van der Waals surface area contributed by atoms with E-state index in [0.29, 0.717) is 42.4 Å². The van der Waals surface area contributed by atoms with Crippen LogP contribution in [0, 0.1) is 5.82 Å². The number of rotatable bonds is 9. The highest BCUT2D eigenvalue weighted by Crippen LogP contribution is 2.38. The molecular weight excluding hydrogens is 517 g/mol. The first kappa shape index (κ1) is 26.6. The fourth-order valence-electron chi connectivity index (χ4n) is 7.22. The van der Waals surface area contributed by atoms with Crippen molar-refractivity contribution in [3.63, 3.8) is 0 Å². The van der Waals surface area contributed by atoms with Crippen LogP contribution in [0.2, 0.25) is 0 Å². The second kappa shape index (κ2) is 11.2. The van der Waals surface area contributed by atoms with Crippen LogP contribution in [0.5, 0.6) is 6.01 Å². The topological polar surface area (TPSA) is 95.3 Å². The van der Waals surface area contributed by atoms with E-state index in [4.69, 9.17) is 20.4 Å². The van der Waals surface area contributed by atoms with Crippen LogP contribution in [-0.4, -0.2) is 77.3 Å². The fourth-order valence-corrected chi connectivity index (χ4v) is 7.22. The molecule has 7 rings (SSSR count). The third-order valence-corrected chi connectivity index (χ3v) is 9.30. The number of nitrogens with one attached hydrogen (secondary N) is 2. The average Bonchev–Trinajstić information content (AvgIpc) is 3.73. The molecule has 4 aromatic rings. The van der Waals surface area contributed by atoms with Gasteiger partial charge in [-0.25, -0.2) is 4.39 Å². The second-order valence-electron chi connectivity index (χ2n) is 11.9. The number of benzene rings is 2. The Morgan fingerprint density at radius 3 is 2.73 bits per heavy atom. The first-order valence-corrected chi connectivity index (χ1v) is 15.3. The molecule has 3 fully saturated rings. The highest BCUT2D eigenvalue weighted by Gasteiger charge is 2.34. The first-order valence-electron chi connectivity index (χ1n) is 15.3. The molecule has 41 heavy (non-hydrogen) atoms.